The minimum absolute atomic E-state index is 0.121. The van der Waals surface area contributed by atoms with E-state index in [1.54, 1.807) is 43.6 Å². The lowest BCUT2D eigenvalue weighted by Gasteiger charge is -2.15. The third-order valence-electron chi connectivity index (χ3n) is 3.18. The van der Waals surface area contributed by atoms with E-state index >= 15 is 0 Å². The number of amides is 1. The van der Waals surface area contributed by atoms with Gasteiger partial charge >= 0.3 is 0 Å². The van der Waals surface area contributed by atoms with Gasteiger partial charge in [-0.25, -0.2) is 13.1 Å². The lowest BCUT2D eigenvalue weighted by atomic mass is 10.3. The van der Waals surface area contributed by atoms with Gasteiger partial charge in [-0.2, -0.15) is 0 Å². The van der Waals surface area contributed by atoms with Crippen LogP contribution >= 0.6 is 0 Å². The predicted octanol–water partition coefficient (Wildman–Crippen LogP) is 1.54. The van der Waals surface area contributed by atoms with E-state index in [-0.39, 0.29) is 17.3 Å². The van der Waals surface area contributed by atoms with Crippen molar-refractivity contribution < 1.29 is 13.2 Å². The Morgan fingerprint density at radius 3 is 2.41 bits per heavy atom. The van der Waals surface area contributed by atoms with E-state index in [1.807, 2.05) is 0 Å². The van der Waals surface area contributed by atoms with Gasteiger partial charge in [-0.05, 0) is 36.4 Å². The normalized spacial score (nSPS) is 11.2. The molecule has 0 radical (unpaired) electrons. The Hall–Kier alpha value is -2.25. The van der Waals surface area contributed by atoms with Crippen molar-refractivity contribution in [3.8, 4) is 0 Å². The summed E-state index contributed by atoms with van der Waals surface area (Å²) >= 11 is 0. The van der Waals surface area contributed by atoms with Crippen molar-refractivity contribution in [1.29, 1.82) is 0 Å². The van der Waals surface area contributed by atoms with Gasteiger partial charge < -0.3 is 4.90 Å². The van der Waals surface area contributed by atoms with E-state index in [2.05, 4.69) is 9.71 Å². The van der Waals surface area contributed by atoms with Gasteiger partial charge in [0.2, 0.25) is 15.9 Å². The van der Waals surface area contributed by atoms with Gasteiger partial charge in [-0.15, -0.1) is 0 Å². The zero-order chi connectivity index (χ0) is 16.2. The second-order valence-electron chi connectivity index (χ2n) is 4.72. The maximum absolute atomic E-state index is 12.2. The van der Waals surface area contributed by atoms with E-state index in [9.17, 15) is 13.2 Å². The highest BCUT2D eigenvalue weighted by atomic mass is 32.2. The van der Waals surface area contributed by atoms with Crippen molar-refractivity contribution in [3.63, 3.8) is 0 Å². The van der Waals surface area contributed by atoms with Gasteiger partial charge in [0, 0.05) is 25.9 Å². The van der Waals surface area contributed by atoms with E-state index in [0.717, 1.165) is 0 Å². The smallest absolute Gasteiger partial charge is 0.240 e. The number of carbonyl (C=O) groups excluding carboxylic acids is 1. The van der Waals surface area contributed by atoms with Gasteiger partial charge in [0.15, 0.2) is 0 Å². The topological polar surface area (TPSA) is 79.4 Å². The summed E-state index contributed by atoms with van der Waals surface area (Å²) in [6, 6.07) is 11.4. The Kier molecular flexibility index (Phi) is 4.89. The van der Waals surface area contributed by atoms with Crippen LogP contribution in [0.15, 0.2) is 53.6 Å². The zero-order valence-electron chi connectivity index (χ0n) is 12.4. The first kappa shape index (κ1) is 16.1. The van der Waals surface area contributed by atoms with Crippen molar-refractivity contribution in [1.82, 2.24) is 9.71 Å². The van der Waals surface area contributed by atoms with Crippen LogP contribution in [0.4, 0.5) is 5.69 Å². The highest BCUT2D eigenvalue weighted by Gasteiger charge is 2.14. The SMILES string of the molecule is CC(=O)N(C)c1ccc(S(=O)(=O)NCc2ccccn2)cc1. The molecule has 2 aromatic rings. The summed E-state index contributed by atoms with van der Waals surface area (Å²) in [7, 11) is -1.98. The molecule has 0 atom stereocenters. The molecule has 0 bridgehead atoms. The third-order valence-corrected chi connectivity index (χ3v) is 4.59. The Balaban J connectivity index is 2.11. The largest absolute Gasteiger partial charge is 0.316 e. The summed E-state index contributed by atoms with van der Waals surface area (Å²) in [4.78, 5) is 16.9. The summed E-state index contributed by atoms with van der Waals surface area (Å²) in [5.41, 5.74) is 1.27. The molecule has 0 saturated carbocycles. The number of rotatable bonds is 5. The fourth-order valence-corrected chi connectivity index (χ4v) is 2.78. The number of aromatic nitrogens is 1. The molecule has 1 aromatic heterocycles. The summed E-state index contributed by atoms with van der Waals surface area (Å²) < 4.78 is 26.9. The van der Waals surface area contributed by atoms with Crippen LogP contribution in [0.2, 0.25) is 0 Å². The number of nitrogens with zero attached hydrogens (tertiary/aromatic N) is 2. The van der Waals surface area contributed by atoms with Gasteiger partial charge in [0.05, 0.1) is 17.1 Å². The number of hydrogen-bond acceptors (Lipinski definition) is 4. The molecule has 22 heavy (non-hydrogen) atoms. The van der Waals surface area contributed by atoms with Crippen molar-refractivity contribution in [2.24, 2.45) is 0 Å². The van der Waals surface area contributed by atoms with Gasteiger partial charge in [0.25, 0.3) is 0 Å². The van der Waals surface area contributed by atoms with Crippen LogP contribution in [0, 0.1) is 0 Å². The average molecular weight is 319 g/mol. The Bertz CT molecular complexity index is 743. The average Bonchev–Trinajstić information content (AvgIpc) is 2.53. The maximum Gasteiger partial charge on any atom is 0.240 e. The van der Waals surface area contributed by atoms with Crippen LogP contribution in [0.25, 0.3) is 0 Å². The number of sulfonamides is 1. The van der Waals surface area contributed by atoms with Crippen LogP contribution in [0.1, 0.15) is 12.6 Å². The molecule has 1 N–H and O–H groups in total. The second kappa shape index (κ2) is 6.67. The van der Waals surface area contributed by atoms with E-state index in [4.69, 9.17) is 0 Å². The van der Waals surface area contributed by atoms with Gasteiger partial charge in [-0.3, -0.25) is 9.78 Å². The lowest BCUT2D eigenvalue weighted by molar-refractivity contribution is -0.116. The fourth-order valence-electron chi connectivity index (χ4n) is 1.79. The van der Waals surface area contributed by atoms with E-state index in [1.165, 1.54) is 24.0 Å². The minimum Gasteiger partial charge on any atom is -0.316 e. The number of nitrogens with one attached hydrogen (secondary N) is 1. The molecule has 0 aliphatic rings. The molecule has 0 aliphatic carbocycles. The number of carbonyl (C=O) groups is 1. The van der Waals surface area contributed by atoms with Crippen molar-refractivity contribution >= 4 is 21.6 Å². The van der Waals surface area contributed by atoms with Crippen LogP contribution in [0.3, 0.4) is 0 Å². The van der Waals surface area contributed by atoms with Gasteiger partial charge in [-0.1, -0.05) is 6.07 Å². The maximum atomic E-state index is 12.2. The molecule has 2 rings (SSSR count). The molecular weight excluding hydrogens is 302 g/mol. The molecule has 0 saturated heterocycles. The van der Waals surface area contributed by atoms with E-state index in [0.29, 0.717) is 11.4 Å². The molecule has 7 heteroatoms. The standard InChI is InChI=1S/C15H17N3O3S/c1-12(19)18(2)14-6-8-15(9-7-14)22(20,21)17-11-13-5-3-4-10-16-13/h3-10,17H,11H2,1-2H3. The summed E-state index contributed by atoms with van der Waals surface area (Å²) in [6.45, 7) is 1.57. The molecule has 1 heterocycles. The Morgan fingerprint density at radius 2 is 1.86 bits per heavy atom. The first-order chi connectivity index (χ1) is 10.4. The lowest BCUT2D eigenvalue weighted by Crippen LogP contribution is -2.24. The molecule has 1 aromatic carbocycles. The number of benzene rings is 1. The first-order valence-corrected chi connectivity index (χ1v) is 8.12. The van der Waals surface area contributed by atoms with Crippen molar-refractivity contribution in [2.75, 3.05) is 11.9 Å². The predicted molar refractivity (Wildman–Crippen MR) is 83.8 cm³/mol. The van der Waals surface area contributed by atoms with Crippen LogP contribution in [0.5, 0.6) is 0 Å². The van der Waals surface area contributed by atoms with Gasteiger partial charge in [0.1, 0.15) is 0 Å². The van der Waals surface area contributed by atoms with E-state index < -0.39 is 10.0 Å². The Morgan fingerprint density at radius 1 is 1.18 bits per heavy atom. The van der Waals surface area contributed by atoms with Crippen LogP contribution in [-0.2, 0) is 21.4 Å². The number of anilines is 1. The summed E-state index contributed by atoms with van der Waals surface area (Å²) in [5.74, 6) is -0.121. The molecule has 0 fully saturated rings. The Labute approximate surface area is 129 Å². The molecule has 0 spiro atoms. The van der Waals surface area contributed by atoms with Crippen molar-refractivity contribution in [3.05, 3.63) is 54.4 Å². The van der Waals surface area contributed by atoms with Crippen molar-refractivity contribution in [2.45, 2.75) is 18.4 Å². The fraction of sp³-hybridized carbons (Fsp3) is 0.200. The summed E-state index contributed by atoms with van der Waals surface area (Å²) in [5, 5.41) is 0. The number of pyridine rings is 1. The van der Waals surface area contributed by atoms with Crippen LogP contribution < -0.4 is 9.62 Å². The molecular formula is C15H17N3O3S. The minimum atomic E-state index is -3.61. The molecule has 1 amide bonds. The van der Waals surface area contributed by atoms with Crippen LogP contribution in [-0.4, -0.2) is 26.4 Å². The summed E-state index contributed by atoms with van der Waals surface area (Å²) in [6.07, 6.45) is 1.61. The third kappa shape index (κ3) is 3.90. The molecule has 0 unspecified atom stereocenters. The molecule has 116 valence electrons. The highest BCUT2D eigenvalue weighted by molar-refractivity contribution is 7.89. The first-order valence-electron chi connectivity index (χ1n) is 6.64. The second-order valence-corrected chi connectivity index (χ2v) is 6.48. The number of hydrogen-bond donors (Lipinski definition) is 1. The zero-order valence-corrected chi connectivity index (χ0v) is 13.2. The molecule has 6 nitrogen and oxygen atoms in total. The highest BCUT2D eigenvalue weighted by Crippen LogP contribution is 2.17. The molecule has 0 aliphatic heterocycles. The monoisotopic (exact) mass is 319 g/mol. The quantitative estimate of drug-likeness (QED) is 0.906.